The number of rotatable bonds is 5. The summed E-state index contributed by atoms with van der Waals surface area (Å²) in [6.07, 6.45) is 7.12. The smallest absolute Gasteiger partial charge is 0.192 e. The van der Waals surface area contributed by atoms with Gasteiger partial charge in [-0.25, -0.2) is 4.99 Å². The molecule has 0 atom stereocenters. The highest BCUT2D eigenvalue weighted by molar-refractivity contribution is 14.0. The van der Waals surface area contributed by atoms with Gasteiger partial charge in [-0.15, -0.1) is 34.2 Å². The number of guanidine groups is 1. The Morgan fingerprint density at radius 2 is 1.94 bits per heavy atom. The minimum Gasteiger partial charge on any atom is -0.490 e. The van der Waals surface area contributed by atoms with Gasteiger partial charge in [-0.05, 0) is 25.8 Å². The van der Waals surface area contributed by atoms with E-state index in [0.29, 0.717) is 32.3 Å². The number of nitrogens with zero attached hydrogens (tertiary/aromatic N) is 4. The van der Waals surface area contributed by atoms with Crippen LogP contribution in [0.2, 0.25) is 0 Å². The summed E-state index contributed by atoms with van der Waals surface area (Å²) in [5, 5.41) is 15.5. The van der Waals surface area contributed by atoms with Crippen molar-refractivity contribution >= 4 is 29.9 Å². The molecule has 1 fully saturated rings. The highest BCUT2D eigenvalue weighted by Crippen LogP contribution is 2.33. The fraction of sp³-hybridized carbons (Fsp3) is 0.591. The second kappa shape index (κ2) is 11.5. The van der Waals surface area contributed by atoms with Gasteiger partial charge in [-0.2, -0.15) is 0 Å². The molecule has 1 aliphatic carbocycles. The number of fused-ring (bicyclic) bond motifs is 1. The standard InChI is InChI=1S/C22H32N6O2.HI/c1-16-26-27-20(28(16)2)15-24-22(25-18-9-4-3-5-10-18)23-14-17-8-6-11-19-21(17)30-13-7-12-29-19;/h6,8,11,18H,3-5,7,9-10,12-15H2,1-2H3,(H2,23,24,25);1H. The van der Waals surface area contributed by atoms with E-state index in [1.165, 1.54) is 32.1 Å². The van der Waals surface area contributed by atoms with Crippen molar-refractivity contribution in [3.8, 4) is 11.5 Å². The molecule has 0 radical (unpaired) electrons. The molecule has 8 nitrogen and oxygen atoms in total. The lowest BCUT2D eigenvalue weighted by Gasteiger charge is -2.25. The van der Waals surface area contributed by atoms with Crippen molar-refractivity contribution in [3.63, 3.8) is 0 Å². The van der Waals surface area contributed by atoms with Crippen LogP contribution in [0.25, 0.3) is 0 Å². The SMILES string of the molecule is Cc1nnc(CNC(=NCc2cccc3c2OCCCO3)NC2CCCCC2)n1C.I. The predicted octanol–water partition coefficient (Wildman–Crippen LogP) is 3.47. The van der Waals surface area contributed by atoms with Crippen molar-refractivity contribution in [1.82, 2.24) is 25.4 Å². The van der Waals surface area contributed by atoms with Crippen molar-refractivity contribution in [2.45, 2.75) is 64.6 Å². The quantitative estimate of drug-likeness (QED) is 0.343. The first-order valence-corrected chi connectivity index (χ1v) is 11.0. The molecule has 170 valence electrons. The Balaban J connectivity index is 0.00000272. The summed E-state index contributed by atoms with van der Waals surface area (Å²) in [5.41, 5.74) is 1.04. The van der Waals surface area contributed by atoms with E-state index in [-0.39, 0.29) is 24.0 Å². The molecular weight excluding hydrogens is 507 g/mol. The van der Waals surface area contributed by atoms with E-state index in [1.54, 1.807) is 0 Å². The van der Waals surface area contributed by atoms with Crippen LogP contribution in [0.15, 0.2) is 23.2 Å². The molecule has 2 N–H and O–H groups in total. The van der Waals surface area contributed by atoms with E-state index in [4.69, 9.17) is 14.5 Å². The summed E-state index contributed by atoms with van der Waals surface area (Å²) in [6, 6.07) is 6.48. The Bertz CT molecular complexity index is 879. The van der Waals surface area contributed by atoms with Crippen molar-refractivity contribution in [1.29, 1.82) is 0 Å². The summed E-state index contributed by atoms with van der Waals surface area (Å²) in [4.78, 5) is 4.88. The number of nitrogens with one attached hydrogen (secondary N) is 2. The third kappa shape index (κ3) is 6.24. The molecule has 1 aromatic heterocycles. The van der Waals surface area contributed by atoms with Crippen LogP contribution >= 0.6 is 24.0 Å². The van der Waals surface area contributed by atoms with E-state index in [2.05, 4.69) is 26.9 Å². The Labute approximate surface area is 201 Å². The molecule has 1 aromatic carbocycles. The van der Waals surface area contributed by atoms with Gasteiger partial charge in [0, 0.05) is 25.1 Å². The molecule has 4 rings (SSSR count). The number of halogens is 1. The van der Waals surface area contributed by atoms with Crippen molar-refractivity contribution in [2.75, 3.05) is 13.2 Å². The zero-order valence-electron chi connectivity index (χ0n) is 18.4. The Hall–Kier alpha value is -2.04. The van der Waals surface area contributed by atoms with E-state index in [0.717, 1.165) is 41.1 Å². The summed E-state index contributed by atoms with van der Waals surface area (Å²) >= 11 is 0. The number of benzene rings is 1. The molecule has 0 spiro atoms. The van der Waals surface area contributed by atoms with Crippen molar-refractivity contribution in [3.05, 3.63) is 35.4 Å². The molecule has 2 aliphatic rings. The minimum absolute atomic E-state index is 0. The van der Waals surface area contributed by atoms with Gasteiger partial charge < -0.3 is 24.7 Å². The van der Waals surface area contributed by atoms with Gasteiger partial charge in [0.1, 0.15) is 5.82 Å². The maximum absolute atomic E-state index is 5.95. The van der Waals surface area contributed by atoms with E-state index < -0.39 is 0 Å². The first-order valence-electron chi connectivity index (χ1n) is 11.0. The lowest BCUT2D eigenvalue weighted by molar-refractivity contribution is 0.296. The largest absolute Gasteiger partial charge is 0.490 e. The molecule has 0 bridgehead atoms. The minimum atomic E-state index is 0. The first kappa shape index (κ1) is 23.6. The summed E-state index contributed by atoms with van der Waals surface area (Å²) < 4.78 is 13.8. The lowest BCUT2D eigenvalue weighted by Crippen LogP contribution is -2.44. The molecular formula is C22H33IN6O2. The molecule has 0 amide bonds. The van der Waals surface area contributed by atoms with Gasteiger partial charge in [0.15, 0.2) is 23.3 Å². The maximum Gasteiger partial charge on any atom is 0.192 e. The van der Waals surface area contributed by atoms with Crippen LogP contribution in [0.3, 0.4) is 0 Å². The normalized spacial score (nSPS) is 16.9. The Morgan fingerprint density at radius 3 is 2.71 bits per heavy atom. The zero-order valence-corrected chi connectivity index (χ0v) is 20.7. The molecule has 0 saturated heterocycles. The number of aryl methyl sites for hydroxylation is 1. The van der Waals surface area contributed by atoms with Gasteiger partial charge in [-0.3, -0.25) is 0 Å². The average Bonchev–Trinajstić information content (AvgIpc) is 2.96. The Morgan fingerprint density at radius 1 is 1.13 bits per heavy atom. The van der Waals surface area contributed by atoms with Crippen LogP contribution in [0.5, 0.6) is 11.5 Å². The number of aromatic nitrogens is 3. The summed E-state index contributed by atoms with van der Waals surface area (Å²) in [7, 11) is 1.98. The summed E-state index contributed by atoms with van der Waals surface area (Å²) in [5.74, 6) is 4.21. The number of hydrogen-bond acceptors (Lipinski definition) is 5. The number of aliphatic imine (C=N–C) groups is 1. The van der Waals surface area contributed by atoms with E-state index in [1.807, 2.05) is 30.7 Å². The molecule has 2 heterocycles. The van der Waals surface area contributed by atoms with Crippen molar-refractivity contribution in [2.24, 2.45) is 12.0 Å². The predicted molar refractivity (Wildman–Crippen MR) is 131 cm³/mol. The van der Waals surface area contributed by atoms with Crippen molar-refractivity contribution < 1.29 is 9.47 Å². The van der Waals surface area contributed by atoms with E-state index >= 15 is 0 Å². The second-order valence-electron chi connectivity index (χ2n) is 8.01. The van der Waals surface area contributed by atoms with Crippen LogP contribution in [-0.4, -0.2) is 40.0 Å². The van der Waals surface area contributed by atoms with Gasteiger partial charge >= 0.3 is 0 Å². The highest BCUT2D eigenvalue weighted by atomic mass is 127. The molecule has 9 heteroatoms. The first-order chi connectivity index (χ1) is 14.7. The van der Waals surface area contributed by atoms with Crippen LogP contribution in [-0.2, 0) is 20.1 Å². The topological polar surface area (TPSA) is 85.6 Å². The van der Waals surface area contributed by atoms with Crippen LogP contribution in [0, 0.1) is 6.92 Å². The number of para-hydroxylation sites is 1. The van der Waals surface area contributed by atoms with Crippen LogP contribution in [0.1, 0.15) is 55.7 Å². The fourth-order valence-electron chi connectivity index (χ4n) is 3.90. The fourth-order valence-corrected chi connectivity index (χ4v) is 3.90. The third-order valence-corrected chi connectivity index (χ3v) is 5.80. The lowest BCUT2D eigenvalue weighted by atomic mass is 9.96. The number of ether oxygens (including phenoxy) is 2. The highest BCUT2D eigenvalue weighted by Gasteiger charge is 2.17. The summed E-state index contributed by atoms with van der Waals surface area (Å²) in [6.45, 7) is 4.40. The van der Waals surface area contributed by atoms with Crippen LogP contribution in [0.4, 0.5) is 0 Å². The number of hydrogen-bond donors (Lipinski definition) is 2. The maximum atomic E-state index is 5.95. The molecule has 0 unspecified atom stereocenters. The van der Waals surface area contributed by atoms with Gasteiger partial charge in [-0.1, -0.05) is 31.4 Å². The molecule has 1 saturated carbocycles. The van der Waals surface area contributed by atoms with Gasteiger partial charge in [0.05, 0.1) is 26.3 Å². The van der Waals surface area contributed by atoms with Gasteiger partial charge in [0.2, 0.25) is 0 Å². The monoisotopic (exact) mass is 540 g/mol. The molecule has 1 aliphatic heterocycles. The molecule has 2 aromatic rings. The zero-order chi connectivity index (χ0) is 20.8. The molecule has 31 heavy (non-hydrogen) atoms. The Kier molecular flexibility index (Phi) is 8.79. The van der Waals surface area contributed by atoms with E-state index in [9.17, 15) is 0 Å². The second-order valence-corrected chi connectivity index (χ2v) is 8.01. The van der Waals surface area contributed by atoms with Crippen LogP contribution < -0.4 is 20.1 Å². The third-order valence-electron chi connectivity index (χ3n) is 5.80. The van der Waals surface area contributed by atoms with Gasteiger partial charge in [0.25, 0.3) is 0 Å². The average molecular weight is 540 g/mol.